The highest BCUT2D eigenvalue weighted by molar-refractivity contribution is 5.79. The fourth-order valence-corrected chi connectivity index (χ4v) is 3.32. The maximum absolute atomic E-state index is 12.7. The summed E-state index contributed by atoms with van der Waals surface area (Å²) in [6.45, 7) is 0. The van der Waals surface area contributed by atoms with Gasteiger partial charge in [-0.25, -0.2) is 0 Å². The maximum atomic E-state index is 12.7. The van der Waals surface area contributed by atoms with E-state index in [-0.39, 0.29) is 5.43 Å². The molecule has 1 heterocycles. The summed E-state index contributed by atoms with van der Waals surface area (Å²) < 4.78 is 0. The van der Waals surface area contributed by atoms with Gasteiger partial charge in [0, 0.05) is 33.9 Å². The summed E-state index contributed by atoms with van der Waals surface area (Å²) in [6.07, 6.45) is 2.74. The Labute approximate surface area is 129 Å². The van der Waals surface area contributed by atoms with E-state index < -0.39 is 0 Å². The molecule has 3 heteroatoms. The number of H-pyrrole nitrogens is 1. The van der Waals surface area contributed by atoms with Crippen LogP contribution in [0.1, 0.15) is 17.7 Å². The van der Waals surface area contributed by atoms with Crippen molar-refractivity contribution >= 4 is 16.6 Å². The minimum atomic E-state index is 0.184. The number of aromatic nitrogens is 1. The molecule has 1 aliphatic rings. The average molecular weight is 290 g/mol. The van der Waals surface area contributed by atoms with Crippen LogP contribution in [0.2, 0.25) is 0 Å². The molecule has 0 fully saturated rings. The van der Waals surface area contributed by atoms with E-state index in [1.165, 1.54) is 0 Å². The van der Waals surface area contributed by atoms with E-state index in [0.29, 0.717) is 6.04 Å². The topological polar surface area (TPSA) is 44.9 Å². The maximum Gasteiger partial charge on any atom is 0.192 e. The molecule has 1 aromatic heterocycles. The molecule has 110 valence electrons. The summed E-state index contributed by atoms with van der Waals surface area (Å²) in [5.41, 5.74) is 4.30. The zero-order chi connectivity index (χ0) is 14.9. The fraction of sp³-hybridized carbons (Fsp3) is 0.211. The van der Waals surface area contributed by atoms with Crippen LogP contribution in [-0.4, -0.2) is 11.0 Å². The lowest BCUT2D eigenvalue weighted by Gasteiger charge is -2.26. The molecule has 4 rings (SSSR count). The number of fused-ring (bicyclic) bond motifs is 2. The molecule has 2 N–H and O–H groups in total. The van der Waals surface area contributed by atoms with Crippen molar-refractivity contribution in [3.8, 4) is 0 Å². The van der Waals surface area contributed by atoms with Crippen molar-refractivity contribution < 1.29 is 0 Å². The smallest absolute Gasteiger partial charge is 0.192 e. The predicted molar refractivity (Wildman–Crippen MR) is 90.4 cm³/mol. The third kappa shape index (κ3) is 2.29. The van der Waals surface area contributed by atoms with Gasteiger partial charge in [-0.1, -0.05) is 30.3 Å². The molecule has 3 aromatic rings. The van der Waals surface area contributed by atoms with Crippen LogP contribution in [0.3, 0.4) is 0 Å². The van der Waals surface area contributed by atoms with Crippen molar-refractivity contribution in [2.75, 3.05) is 5.32 Å². The zero-order valence-electron chi connectivity index (χ0n) is 12.3. The number of benzene rings is 2. The normalized spacial score (nSPS) is 17.2. The SMILES string of the molecule is O=c1c2c([nH]c3ccccc13)CCC(Nc1ccccc1)C2. The van der Waals surface area contributed by atoms with Gasteiger partial charge in [0.1, 0.15) is 0 Å². The van der Waals surface area contributed by atoms with Gasteiger partial charge in [-0.2, -0.15) is 0 Å². The molecule has 0 radical (unpaired) electrons. The molecule has 1 unspecified atom stereocenters. The van der Waals surface area contributed by atoms with Crippen LogP contribution in [0, 0.1) is 0 Å². The number of anilines is 1. The highest BCUT2D eigenvalue weighted by Gasteiger charge is 2.22. The van der Waals surface area contributed by atoms with Crippen molar-refractivity contribution in [3.63, 3.8) is 0 Å². The molecule has 0 spiro atoms. The Hall–Kier alpha value is -2.55. The Kier molecular flexibility index (Phi) is 3.19. The Morgan fingerprint density at radius 1 is 1.00 bits per heavy atom. The van der Waals surface area contributed by atoms with E-state index >= 15 is 0 Å². The van der Waals surface area contributed by atoms with Gasteiger partial charge in [0.05, 0.1) is 0 Å². The molecule has 0 amide bonds. The number of rotatable bonds is 2. The highest BCUT2D eigenvalue weighted by Crippen LogP contribution is 2.22. The van der Waals surface area contributed by atoms with E-state index in [1.54, 1.807) is 0 Å². The first kappa shape index (κ1) is 13.1. The van der Waals surface area contributed by atoms with E-state index in [4.69, 9.17) is 0 Å². The minimum Gasteiger partial charge on any atom is -0.382 e. The fourth-order valence-electron chi connectivity index (χ4n) is 3.32. The molecule has 0 saturated carbocycles. The van der Waals surface area contributed by atoms with Gasteiger partial charge in [0.2, 0.25) is 0 Å². The van der Waals surface area contributed by atoms with E-state index in [1.807, 2.05) is 42.5 Å². The van der Waals surface area contributed by atoms with Crippen molar-refractivity contribution in [2.24, 2.45) is 0 Å². The largest absolute Gasteiger partial charge is 0.382 e. The molecule has 0 saturated heterocycles. The molecule has 22 heavy (non-hydrogen) atoms. The second kappa shape index (κ2) is 5.34. The van der Waals surface area contributed by atoms with E-state index in [2.05, 4.69) is 22.4 Å². The number of aryl methyl sites for hydroxylation is 1. The molecular formula is C19H18N2O. The first-order chi connectivity index (χ1) is 10.8. The summed E-state index contributed by atoms with van der Waals surface area (Å²) in [6, 6.07) is 18.3. The van der Waals surface area contributed by atoms with Gasteiger partial charge < -0.3 is 10.3 Å². The van der Waals surface area contributed by atoms with E-state index in [9.17, 15) is 4.79 Å². The van der Waals surface area contributed by atoms with Crippen molar-refractivity contribution in [1.29, 1.82) is 0 Å². The molecule has 0 bridgehead atoms. The summed E-state index contributed by atoms with van der Waals surface area (Å²) in [5.74, 6) is 0. The van der Waals surface area contributed by atoms with Crippen LogP contribution < -0.4 is 10.7 Å². The molecule has 2 aromatic carbocycles. The van der Waals surface area contributed by atoms with E-state index in [0.717, 1.165) is 47.1 Å². The van der Waals surface area contributed by atoms with Crippen LogP contribution >= 0.6 is 0 Å². The number of hydrogen-bond donors (Lipinski definition) is 2. The summed E-state index contributed by atoms with van der Waals surface area (Å²) in [5, 5.41) is 4.34. The lowest BCUT2D eigenvalue weighted by Crippen LogP contribution is -2.32. The van der Waals surface area contributed by atoms with Crippen LogP contribution in [0.25, 0.3) is 10.9 Å². The van der Waals surface area contributed by atoms with Crippen molar-refractivity contribution in [1.82, 2.24) is 4.98 Å². The highest BCUT2D eigenvalue weighted by atomic mass is 16.1. The van der Waals surface area contributed by atoms with Gasteiger partial charge in [0.15, 0.2) is 5.43 Å². The Morgan fingerprint density at radius 3 is 2.64 bits per heavy atom. The number of para-hydroxylation sites is 2. The van der Waals surface area contributed by atoms with Gasteiger partial charge in [-0.05, 0) is 43.5 Å². The number of aromatic amines is 1. The predicted octanol–water partition coefficient (Wildman–Crippen LogP) is 3.50. The molecule has 1 aliphatic carbocycles. The zero-order valence-corrected chi connectivity index (χ0v) is 12.3. The van der Waals surface area contributed by atoms with Crippen LogP contribution in [0.4, 0.5) is 5.69 Å². The van der Waals surface area contributed by atoms with Gasteiger partial charge in [-0.15, -0.1) is 0 Å². The first-order valence-corrected chi connectivity index (χ1v) is 7.75. The van der Waals surface area contributed by atoms with Gasteiger partial charge >= 0.3 is 0 Å². The quantitative estimate of drug-likeness (QED) is 0.758. The van der Waals surface area contributed by atoms with Crippen molar-refractivity contribution in [3.05, 3.63) is 76.1 Å². The third-order valence-corrected chi connectivity index (χ3v) is 4.43. The lowest BCUT2D eigenvalue weighted by molar-refractivity contribution is 0.598. The van der Waals surface area contributed by atoms with Crippen LogP contribution in [0.15, 0.2) is 59.4 Å². The summed E-state index contributed by atoms with van der Waals surface area (Å²) in [4.78, 5) is 16.2. The monoisotopic (exact) mass is 290 g/mol. The number of hydrogen-bond acceptors (Lipinski definition) is 2. The molecule has 3 nitrogen and oxygen atoms in total. The Morgan fingerprint density at radius 2 is 1.77 bits per heavy atom. The standard InChI is InChI=1S/C19H18N2O/c22-19-15-8-4-5-9-17(15)21-18-11-10-14(12-16(18)19)20-13-6-2-1-3-7-13/h1-9,14,20H,10-12H2,(H,21,22). The van der Waals surface area contributed by atoms with Gasteiger partial charge in [0.25, 0.3) is 0 Å². The summed E-state index contributed by atoms with van der Waals surface area (Å²) >= 11 is 0. The third-order valence-electron chi connectivity index (χ3n) is 4.43. The lowest BCUT2D eigenvalue weighted by atomic mass is 9.90. The van der Waals surface area contributed by atoms with Crippen LogP contribution in [-0.2, 0) is 12.8 Å². The second-order valence-electron chi connectivity index (χ2n) is 5.91. The Bertz CT molecular complexity index is 867. The summed E-state index contributed by atoms with van der Waals surface area (Å²) in [7, 11) is 0. The minimum absolute atomic E-state index is 0.184. The average Bonchev–Trinajstić information content (AvgIpc) is 2.57. The molecule has 1 atom stereocenters. The number of nitrogens with one attached hydrogen (secondary N) is 2. The Balaban J connectivity index is 1.68. The first-order valence-electron chi connectivity index (χ1n) is 7.75. The van der Waals surface area contributed by atoms with Crippen LogP contribution in [0.5, 0.6) is 0 Å². The van der Waals surface area contributed by atoms with Crippen molar-refractivity contribution in [2.45, 2.75) is 25.3 Å². The second-order valence-corrected chi connectivity index (χ2v) is 5.91. The number of pyridine rings is 1. The van der Waals surface area contributed by atoms with Gasteiger partial charge in [-0.3, -0.25) is 4.79 Å². The molecule has 0 aliphatic heterocycles. The molecular weight excluding hydrogens is 272 g/mol.